The topological polar surface area (TPSA) is 65.5 Å². The fourth-order valence-corrected chi connectivity index (χ4v) is 10.7. The Hall–Kier alpha value is -1.53. The van der Waals surface area contributed by atoms with Crippen LogP contribution in [0.25, 0.3) is 0 Å². The molecule has 0 aliphatic heterocycles. The minimum atomic E-state index is -1.87. The molecule has 0 spiro atoms. The second kappa shape index (κ2) is 10.1. The summed E-state index contributed by atoms with van der Waals surface area (Å²) in [5.41, 5.74) is 0.763. The summed E-state index contributed by atoms with van der Waals surface area (Å²) >= 11 is 0. The van der Waals surface area contributed by atoms with E-state index in [1.54, 1.807) is 31.5 Å². The summed E-state index contributed by atoms with van der Waals surface area (Å²) in [6, 6.07) is 3.60. The highest BCUT2D eigenvalue weighted by molar-refractivity contribution is 6.74. The predicted molar refractivity (Wildman–Crippen MR) is 157 cm³/mol. The third-order valence-corrected chi connectivity index (χ3v) is 17.1. The molecule has 0 aromatic carbocycles. The number of pyridine rings is 1. The van der Waals surface area contributed by atoms with Crippen LogP contribution in [0.15, 0.2) is 24.5 Å². The highest BCUT2D eigenvalue weighted by atomic mass is 28.4. The molecule has 0 radical (unpaired) electrons. The van der Waals surface area contributed by atoms with Crippen molar-refractivity contribution >= 4 is 20.1 Å². The summed E-state index contributed by atoms with van der Waals surface area (Å²) in [5, 5.41) is 0.191. The summed E-state index contributed by atoms with van der Waals surface area (Å²) < 4.78 is 13.5. The third kappa shape index (κ3) is 4.96. The predicted octanol–water partition coefficient (Wildman–Crippen LogP) is 7.86. The first-order chi connectivity index (χ1) is 18.2. The molecule has 1 aromatic heterocycles. The van der Waals surface area contributed by atoms with Crippen molar-refractivity contribution in [2.24, 2.45) is 40.4 Å². The van der Waals surface area contributed by atoms with E-state index in [1.165, 1.54) is 6.42 Å². The van der Waals surface area contributed by atoms with Crippen molar-refractivity contribution in [1.29, 1.82) is 0 Å². The van der Waals surface area contributed by atoms with Gasteiger partial charge in [-0.1, -0.05) is 34.6 Å². The Kier molecular flexibility index (Phi) is 7.49. The van der Waals surface area contributed by atoms with Crippen molar-refractivity contribution in [2.45, 2.75) is 123 Å². The first-order valence-electron chi connectivity index (χ1n) is 15.5. The van der Waals surface area contributed by atoms with Gasteiger partial charge in [0.25, 0.3) is 0 Å². The first-order valence-corrected chi connectivity index (χ1v) is 18.4. The van der Waals surface area contributed by atoms with Crippen molar-refractivity contribution in [1.82, 2.24) is 4.98 Å². The van der Waals surface area contributed by atoms with Crippen LogP contribution in [0.4, 0.5) is 0 Å². The number of aromatic nitrogens is 1. The van der Waals surface area contributed by atoms with Gasteiger partial charge in [0.1, 0.15) is 11.9 Å². The number of rotatable bonds is 5. The molecule has 0 saturated heterocycles. The molecule has 4 fully saturated rings. The number of ether oxygens (including phenoxy) is 1. The summed E-state index contributed by atoms with van der Waals surface area (Å²) in [6.07, 6.45) is 12.0. The molecule has 6 heteroatoms. The zero-order valence-corrected chi connectivity index (χ0v) is 26.6. The number of fused-ring (bicyclic) bond motifs is 5. The zero-order valence-electron chi connectivity index (χ0n) is 25.6. The Morgan fingerprint density at radius 1 is 1.00 bits per heavy atom. The second-order valence-electron chi connectivity index (χ2n) is 15.5. The molecule has 39 heavy (non-hydrogen) atoms. The van der Waals surface area contributed by atoms with Crippen molar-refractivity contribution < 1.29 is 18.8 Å². The molecular weight excluding hydrogens is 502 g/mol. The van der Waals surface area contributed by atoms with Crippen LogP contribution in [0.2, 0.25) is 18.1 Å². The number of Topliss-reactive ketones (excluding diaryl/α,β-unsaturated/α-hetero) is 1. The molecule has 1 aromatic rings. The molecule has 1 heterocycles. The van der Waals surface area contributed by atoms with Gasteiger partial charge in [-0.25, -0.2) is 4.79 Å². The Morgan fingerprint density at radius 2 is 1.69 bits per heavy atom. The number of hydrogen-bond donors (Lipinski definition) is 0. The second-order valence-corrected chi connectivity index (χ2v) is 20.2. The van der Waals surface area contributed by atoms with Gasteiger partial charge >= 0.3 is 5.97 Å². The lowest BCUT2D eigenvalue weighted by atomic mass is 9.44. The quantitative estimate of drug-likeness (QED) is 0.274. The van der Waals surface area contributed by atoms with Gasteiger partial charge in [0.05, 0.1) is 5.56 Å². The highest BCUT2D eigenvalue weighted by Gasteiger charge is 2.64. The van der Waals surface area contributed by atoms with Gasteiger partial charge in [-0.15, -0.1) is 0 Å². The van der Waals surface area contributed by atoms with E-state index < -0.39 is 8.32 Å². The molecule has 4 saturated carbocycles. The van der Waals surface area contributed by atoms with E-state index in [9.17, 15) is 9.59 Å². The van der Waals surface area contributed by atoms with E-state index in [2.05, 4.69) is 52.7 Å². The van der Waals surface area contributed by atoms with Crippen molar-refractivity contribution in [2.75, 3.05) is 0 Å². The number of ketones is 1. The standard InChI is InChI=1S/C33H51NO4Si/c1-21(35)25-11-12-26-29-27(14-16-33(25,26)6)32(5)15-13-24(38-39(7,8)31(2,3)4)18-23(32)19-28(29)37-30(36)22-10-9-17-34-20-22/h9-10,17,20,23-29H,11-16,18-19H2,1-8H3/t23-,24-,25-,26?,27?,28-,29?,32+,33-/m1/s1. The fraction of sp³-hybridized carbons (Fsp3) is 0.788. The molecule has 3 unspecified atom stereocenters. The lowest BCUT2D eigenvalue weighted by molar-refractivity contribution is -0.174. The monoisotopic (exact) mass is 553 g/mol. The number of hydrogen-bond acceptors (Lipinski definition) is 5. The average Bonchev–Trinajstić information content (AvgIpc) is 3.22. The van der Waals surface area contributed by atoms with E-state index in [-0.39, 0.29) is 40.0 Å². The maximum absolute atomic E-state index is 13.4. The Morgan fingerprint density at radius 3 is 2.33 bits per heavy atom. The van der Waals surface area contributed by atoms with Crippen LogP contribution in [-0.4, -0.2) is 37.3 Å². The maximum atomic E-state index is 13.4. The maximum Gasteiger partial charge on any atom is 0.339 e. The molecule has 4 aliphatic rings. The molecule has 9 atom stereocenters. The van der Waals surface area contributed by atoms with Gasteiger partial charge in [-0.3, -0.25) is 9.78 Å². The van der Waals surface area contributed by atoms with Crippen molar-refractivity contribution in [3.63, 3.8) is 0 Å². The molecule has 216 valence electrons. The summed E-state index contributed by atoms with van der Waals surface area (Å²) in [5.74, 6) is 1.95. The SMILES string of the molecule is CC(=O)[C@H]1CCC2C3C(CC[C@@]21C)[C@@]1(C)CC[C@@H](O[Si](C)(C)C(C)(C)C)C[C@@H]1C[C@H]3OC(=O)c1cccnc1. The van der Waals surface area contributed by atoms with E-state index in [4.69, 9.17) is 9.16 Å². The van der Waals surface area contributed by atoms with Crippen LogP contribution in [0.5, 0.6) is 0 Å². The zero-order chi connectivity index (χ0) is 28.4. The van der Waals surface area contributed by atoms with Gasteiger partial charge in [0.15, 0.2) is 8.32 Å². The van der Waals surface area contributed by atoms with E-state index >= 15 is 0 Å². The van der Waals surface area contributed by atoms with Crippen LogP contribution in [-0.2, 0) is 14.0 Å². The lowest BCUT2D eigenvalue weighted by Crippen LogP contribution is -2.60. The summed E-state index contributed by atoms with van der Waals surface area (Å²) in [6.45, 7) is 18.4. The van der Waals surface area contributed by atoms with Crippen LogP contribution >= 0.6 is 0 Å². The minimum absolute atomic E-state index is 0.0117. The Balaban J connectivity index is 1.45. The van der Waals surface area contributed by atoms with Gasteiger partial charge < -0.3 is 9.16 Å². The van der Waals surface area contributed by atoms with Gasteiger partial charge in [0, 0.05) is 30.3 Å². The molecule has 0 amide bonds. The average molecular weight is 554 g/mol. The van der Waals surface area contributed by atoms with E-state index in [0.29, 0.717) is 35.0 Å². The molecule has 0 N–H and O–H groups in total. The van der Waals surface area contributed by atoms with Crippen molar-refractivity contribution in [3.05, 3.63) is 30.1 Å². The molecule has 5 nitrogen and oxygen atoms in total. The van der Waals surface area contributed by atoms with Gasteiger partial charge in [0.2, 0.25) is 0 Å². The molecular formula is C33H51NO4Si. The lowest BCUT2D eigenvalue weighted by Gasteiger charge is -2.63. The Bertz CT molecular complexity index is 1080. The van der Waals surface area contributed by atoms with Crippen LogP contribution in [0.1, 0.15) is 103 Å². The molecule has 4 aliphatic carbocycles. The van der Waals surface area contributed by atoms with Gasteiger partial charge in [-0.05, 0) is 117 Å². The van der Waals surface area contributed by atoms with Crippen LogP contribution < -0.4 is 0 Å². The number of esters is 1. The summed E-state index contributed by atoms with van der Waals surface area (Å²) in [4.78, 5) is 30.3. The minimum Gasteiger partial charge on any atom is -0.458 e. The van der Waals surface area contributed by atoms with Gasteiger partial charge in [-0.2, -0.15) is 0 Å². The number of carbonyl (C=O) groups is 2. The largest absolute Gasteiger partial charge is 0.458 e. The van der Waals surface area contributed by atoms with E-state index in [1.807, 2.05) is 0 Å². The Labute approximate surface area is 237 Å². The third-order valence-electron chi connectivity index (χ3n) is 12.5. The molecule has 5 rings (SSSR count). The number of nitrogens with zero attached hydrogens (tertiary/aromatic N) is 1. The molecule has 0 bridgehead atoms. The fourth-order valence-electron chi connectivity index (χ4n) is 9.34. The number of carbonyl (C=O) groups excluding carboxylic acids is 2. The van der Waals surface area contributed by atoms with Crippen molar-refractivity contribution in [3.8, 4) is 0 Å². The highest BCUT2D eigenvalue weighted by Crippen LogP contribution is 2.68. The van der Waals surface area contributed by atoms with E-state index in [0.717, 1.165) is 44.9 Å². The summed E-state index contributed by atoms with van der Waals surface area (Å²) in [7, 11) is -1.87. The van der Waals surface area contributed by atoms with Crippen LogP contribution in [0, 0.1) is 40.4 Å². The first kappa shape index (κ1) is 29.0. The van der Waals surface area contributed by atoms with Crippen LogP contribution in [0.3, 0.4) is 0 Å². The normalized spacial score (nSPS) is 40.3. The smallest absolute Gasteiger partial charge is 0.339 e.